The first-order valence-electron chi connectivity index (χ1n) is 13.9. The van der Waals surface area contributed by atoms with Crippen molar-refractivity contribution < 1.29 is 14.4 Å². The summed E-state index contributed by atoms with van der Waals surface area (Å²) in [5, 5.41) is 9.29. The van der Waals surface area contributed by atoms with Crippen molar-refractivity contribution in [3.8, 4) is 0 Å². The van der Waals surface area contributed by atoms with Crippen LogP contribution in [0.5, 0.6) is 0 Å². The maximum absolute atomic E-state index is 14.1. The highest BCUT2D eigenvalue weighted by Gasteiger charge is 2.47. The van der Waals surface area contributed by atoms with Crippen LogP contribution in [-0.4, -0.2) is 60.4 Å². The monoisotopic (exact) mass is 591 g/mol. The van der Waals surface area contributed by atoms with Gasteiger partial charge in [-0.25, -0.2) is 0 Å². The molecule has 0 spiro atoms. The fraction of sp³-hybridized carbons (Fsp3) is 0.500. The Labute approximate surface area is 250 Å². The number of fused-ring (bicyclic) bond motifs is 1. The van der Waals surface area contributed by atoms with Gasteiger partial charge in [-0.15, -0.1) is 24.8 Å². The summed E-state index contributed by atoms with van der Waals surface area (Å²) in [6.07, 6.45) is 4.23. The molecular formula is C30H43Cl2N5O3. The number of benzene rings is 2. The van der Waals surface area contributed by atoms with Gasteiger partial charge >= 0.3 is 0 Å². The number of amides is 3. The molecule has 10 heteroatoms. The summed E-state index contributed by atoms with van der Waals surface area (Å²) in [5.41, 5.74) is 7.87. The fourth-order valence-electron chi connectivity index (χ4n) is 6.06. The Balaban J connectivity index is 0.00000280. The van der Waals surface area contributed by atoms with E-state index in [-0.39, 0.29) is 66.6 Å². The molecule has 220 valence electrons. The normalized spacial score (nSPS) is 22.8. The molecular weight excluding hydrogens is 549 g/mol. The zero-order valence-corrected chi connectivity index (χ0v) is 24.9. The van der Waals surface area contributed by atoms with E-state index in [1.807, 2.05) is 67.6 Å². The Bertz CT molecular complexity index is 1050. The van der Waals surface area contributed by atoms with Crippen LogP contribution in [0.3, 0.4) is 0 Å². The Kier molecular flexibility index (Phi) is 13.4. The van der Waals surface area contributed by atoms with Gasteiger partial charge in [0, 0.05) is 6.04 Å². The largest absolute Gasteiger partial charge is 0.343 e. The summed E-state index contributed by atoms with van der Waals surface area (Å²) in [6.45, 7) is 2.37. The number of rotatable bonds is 10. The standard InChI is InChI=1S/C30H41N5O3.2ClH/c1-3-24(32-2)28(36)34-27-22(18-19-31)14-15-23-16-17-25(35(23)30(27)38)29(37)33-26(20-10-6-4-7-11-20)21-12-8-5-9-13-21;;/h4-13,22-27,32H,3,14-19,31H2,1-2H3,(H,33,37)(H,34,36);2*1H/t22-,23+,24+,25+,27+;;/m1../s1. The second-order valence-electron chi connectivity index (χ2n) is 10.4. The third-order valence-electron chi connectivity index (χ3n) is 8.13. The maximum Gasteiger partial charge on any atom is 0.246 e. The molecule has 2 fully saturated rings. The quantitative estimate of drug-likeness (QED) is 0.338. The molecule has 0 radical (unpaired) electrons. The smallest absolute Gasteiger partial charge is 0.246 e. The van der Waals surface area contributed by atoms with Crippen LogP contribution in [-0.2, 0) is 14.4 Å². The Morgan fingerprint density at radius 3 is 2.05 bits per heavy atom. The van der Waals surface area contributed by atoms with E-state index in [2.05, 4.69) is 16.0 Å². The number of halogens is 2. The van der Waals surface area contributed by atoms with Crippen molar-refractivity contribution in [3.05, 3.63) is 71.8 Å². The molecule has 5 atom stereocenters. The molecule has 0 aliphatic carbocycles. The molecule has 2 heterocycles. The van der Waals surface area contributed by atoms with Crippen molar-refractivity contribution in [1.82, 2.24) is 20.9 Å². The summed E-state index contributed by atoms with van der Waals surface area (Å²) < 4.78 is 0. The minimum Gasteiger partial charge on any atom is -0.343 e. The zero-order chi connectivity index (χ0) is 27.1. The molecule has 0 saturated carbocycles. The lowest BCUT2D eigenvalue weighted by Gasteiger charge is -2.33. The third kappa shape index (κ3) is 7.55. The predicted octanol–water partition coefficient (Wildman–Crippen LogP) is 3.34. The van der Waals surface area contributed by atoms with Crippen molar-refractivity contribution >= 4 is 42.5 Å². The highest BCUT2D eigenvalue weighted by Crippen LogP contribution is 2.35. The summed E-state index contributed by atoms with van der Waals surface area (Å²) in [4.78, 5) is 42.6. The Hall–Kier alpha value is -2.65. The Morgan fingerprint density at radius 1 is 0.950 bits per heavy atom. The molecule has 4 rings (SSSR count). The Morgan fingerprint density at radius 2 is 1.52 bits per heavy atom. The van der Waals surface area contributed by atoms with Crippen molar-refractivity contribution in [2.75, 3.05) is 13.6 Å². The van der Waals surface area contributed by atoms with Crippen LogP contribution in [0.1, 0.15) is 62.6 Å². The first-order chi connectivity index (χ1) is 18.5. The maximum atomic E-state index is 14.1. The van der Waals surface area contributed by atoms with Crippen LogP contribution in [0.4, 0.5) is 0 Å². The van der Waals surface area contributed by atoms with E-state index in [1.54, 1.807) is 11.9 Å². The molecule has 2 aliphatic rings. The summed E-state index contributed by atoms with van der Waals surface area (Å²) in [6, 6.07) is 17.8. The topological polar surface area (TPSA) is 117 Å². The van der Waals surface area contributed by atoms with Gasteiger partial charge in [-0.3, -0.25) is 14.4 Å². The first kappa shape index (κ1) is 33.6. The molecule has 3 amide bonds. The number of hydrogen-bond donors (Lipinski definition) is 4. The van der Waals surface area contributed by atoms with Crippen molar-refractivity contribution in [3.63, 3.8) is 0 Å². The van der Waals surface area contributed by atoms with E-state index in [0.29, 0.717) is 25.8 Å². The molecule has 2 aliphatic heterocycles. The number of carbonyl (C=O) groups is 3. The van der Waals surface area contributed by atoms with E-state index in [9.17, 15) is 14.4 Å². The molecule has 2 saturated heterocycles. The highest BCUT2D eigenvalue weighted by molar-refractivity contribution is 5.94. The van der Waals surface area contributed by atoms with E-state index in [4.69, 9.17) is 5.73 Å². The fourth-order valence-corrected chi connectivity index (χ4v) is 6.06. The van der Waals surface area contributed by atoms with Crippen LogP contribution >= 0.6 is 24.8 Å². The number of hydrogen-bond acceptors (Lipinski definition) is 5. The summed E-state index contributed by atoms with van der Waals surface area (Å²) >= 11 is 0. The average molecular weight is 593 g/mol. The molecule has 40 heavy (non-hydrogen) atoms. The van der Waals surface area contributed by atoms with Gasteiger partial charge < -0.3 is 26.6 Å². The number of likely N-dealkylation sites (N-methyl/N-ethyl adjacent to an activating group) is 1. The van der Waals surface area contributed by atoms with Crippen molar-refractivity contribution in [1.29, 1.82) is 0 Å². The second-order valence-corrected chi connectivity index (χ2v) is 10.4. The summed E-state index contributed by atoms with van der Waals surface area (Å²) in [5.74, 6) is -0.579. The van der Waals surface area contributed by atoms with E-state index >= 15 is 0 Å². The van der Waals surface area contributed by atoms with Crippen molar-refractivity contribution in [2.45, 2.75) is 75.7 Å². The molecule has 0 bridgehead atoms. The van der Waals surface area contributed by atoms with Gasteiger partial charge in [0.25, 0.3) is 0 Å². The van der Waals surface area contributed by atoms with E-state index in [1.165, 1.54) is 0 Å². The van der Waals surface area contributed by atoms with Gasteiger partial charge in [0.15, 0.2) is 0 Å². The van der Waals surface area contributed by atoms with E-state index in [0.717, 1.165) is 30.4 Å². The van der Waals surface area contributed by atoms with Gasteiger partial charge in [0.05, 0.1) is 12.1 Å². The predicted molar refractivity (Wildman–Crippen MR) is 162 cm³/mol. The average Bonchev–Trinajstić information content (AvgIpc) is 3.33. The van der Waals surface area contributed by atoms with Gasteiger partial charge in [-0.2, -0.15) is 0 Å². The molecule has 8 nitrogen and oxygen atoms in total. The number of carbonyl (C=O) groups excluding carboxylic acids is 3. The first-order valence-corrected chi connectivity index (χ1v) is 13.9. The molecule has 0 unspecified atom stereocenters. The number of nitrogens with one attached hydrogen (secondary N) is 3. The lowest BCUT2D eigenvalue weighted by atomic mass is 9.90. The van der Waals surface area contributed by atoms with Gasteiger partial charge in [0.1, 0.15) is 12.1 Å². The van der Waals surface area contributed by atoms with Crippen LogP contribution in [0, 0.1) is 5.92 Å². The van der Waals surface area contributed by atoms with Gasteiger partial charge in [0.2, 0.25) is 17.7 Å². The zero-order valence-electron chi connectivity index (χ0n) is 23.3. The van der Waals surface area contributed by atoms with Crippen LogP contribution in [0.25, 0.3) is 0 Å². The van der Waals surface area contributed by atoms with Crippen LogP contribution in [0.15, 0.2) is 60.7 Å². The van der Waals surface area contributed by atoms with Crippen LogP contribution < -0.4 is 21.7 Å². The van der Waals surface area contributed by atoms with E-state index < -0.39 is 12.1 Å². The third-order valence-corrected chi connectivity index (χ3v) is 8.13. The SMILES string of the molecule is CC[C@H](NC)C(=O)N[C@@H]1C(=O)N2[C@@H](CC[C@@H]1CCN)CC[C@H]2C(=O)NC(c1ccccc1)c1ccccc1.Cl.Cl. The molecule has 2 aromatic carbocycles. The lowest BCUT2D eigenvalue weighted by molar-refractivity contribution is -0.143. The highest BCUT2D eigenvalue weighted by atomic mass is 35.5. The number of nitrogens with two attached hydrogens (primary N) is 1. The molecule has 2 aromatic rings. The van der Waals surface area contributed by atoms with Gasteiger partial charge in [-0.05, 0) is 69.2 Å². The summed E-state index contributed by atoms with van der Waals surface area (Å²) in [7, 11) is 1.74. The van der Waals surface area contributed by atoms with Gasteiger partial charge in [-0.1, -0.05) is 67.6 Å². The lowest BCUT2D eigenvalue weighted by Crippen LogP contribution is -2.58. The minimum atomic E-state index is -0.689. The number of nitrogens with zero attached hydrogens (tertiary/aromatic N) is 1. The second kappa shape index (κ2) is 16.0. The van der Waals surface area contributed by atoms with Crippen molar-refractivity contribution in [2.24, 2.45) is 11.7 Å². The minimum absolute atomic E-state index is 0. The van der Waals surface area contributed by atoms with Crippen LogP contribution in [0.2, 0.25) is 0 Å². The molecule has 5 N–H and O–H groups in total. The molecule has 0 aromatic heterocycles.